The maximum absolute atomic E-state index is 13.2. The average molecular weight is 404 g/mol. The lowest BCUT2D eigenvalue weighted by molar-refractivity contribution is 0.0951. The van der Waals surface area contributed by atoms with Gasteiger partial charge in [-0.25, -0.2) is 4.98 Å². The molecule has 8 nitrogen and oxygen atoms in total. The van der Waals surface area contributed by atoms with Gasteiger partial charge in [0, 0.05) is 19.2 Å². The number of hydrogen-bond acceptors (Lipinski definition) is 6. The number of furan rings is 1. The molecular formula is C22H20N4O4. The molecule has 1 amide bonds. The van der Waals surface area contributed by atoms with Gasteiger partial charge in [-0.3, -0.25) is 9.48 Å². The monoisotopic (exact) mass is 404 g/mol. The molecule has 8 heteroatoms. The summed E-state index contributed by atoms with van der Waals surface area (Å²) in [6.45, 7) is 3.19. The van der Waals surface area contributed by atoms with Crippen LogP contribution in [0.3, 0.4) is 0 Å². The summed E-state index contributed by atoms with van der Waals surface area (Å²) in [7, 11) is 1.81. The fraction of sp³-hybridized carbons (Fsp3) is 0.227. The molecule has 5 rings (SSSR count). The van der Waals surface area contributed by atoms with Gasteiger partial charge in [0.15, 0.2) is 22.9 Å². The molecular weight excluding hydrogens is 384 g/mol. The maximum atomic E-state index is 13.2. The Morgan fingerprint density at radius 1 is 1.20 bits per heavy atom. The van der Waals surface area contributed by atoms with Gasteiger partial charge in [0.2, 0.25) is 0 Å². The molecule has 0 saturated heterocycles. The fourth-order valence-corrected chi connectivity index (χ4v) is 3.72. The first-order valence-electron chi connectivity index (χ1n) is 9.66. The first-order chi connectivity index (χ1) is 14.6. The highest BCUT2D eigenvalue weighted by molar-refractivity contribution is 6.07. The molecule has 0 saturated carbocycles. The molecule has 0 fully saturated rings. The van der Waals surface area contributed by atoms with Gasteiger partial charge in [-0.1, -0.05) is 12.1 Å². The van der Waals surface area contributed by atoms with E-state index in [1.807, 2.05) is 38.2 Å². The number of aromatic nitrogens is 3. The highest BCUT2D eigenvalue weighted by Crippen LogP contribution is 2.33. The fourth-order valence-electron chi connectivity index (χ4n) is 3.72. The second-order valence-corrected chi connectivity index (χ2v) is 7.06. The molecule has 152 valence electrons. The third kappa shape index (κ3) is 3.06. The van der Waals surface area contributed by atoms with Crippen molar-refractivity contribution in [2.24, 2.45) is 7.05 Å². The number of carbonyl (C=O) groups is 1. The molecule has 0 aliphatic carbocycles. The molecule has 0 bridgehead atoms. The number of ether oxygens (including phenoxy) is 2. The van der Waals surface area contributed by atoms with Crippen molar-refractivity contribution in [3.8, 4) is 23.0 Å². The van der Waals surface area contributed by atoms with Crippen molar-refractivity contribution in [2.45, 2.75) is 13.5 Å². The molecule has 1 aromatic carbocycles. The summed E-state index contributed by atoms with van der Waals surface area (Å²) in [4.78, 5) is 17.9. The average Bonchev–Trinajstić information content (AvgIpc) is 3.40. The Morgan fingerprint density at radius 2 is 2.07 bits per heavy atom. The van der Waals surface area contributed by atoms with Crippen LogP contribution in [0.2, 0.25) is 0 Å². The maximum Gasteiger partial charge on any atom is 0.252 e. The first kappa shape index (κ1) is 18.2. The topological polar surface area (TPSA) is 91.4 Å². The van der Waals surface area contributed by atoms with E-state index in [1.165, 1.54) is 0 Å². The quantitative estimate of drug-likeness (QED) is 0.562. The largest absolute Gasteiger partial charge is 0.486 e. The highest BCUT2D eigenvalue weighted by atomic mass is 16.6. The van der Waals surface area contributed by atoms with Crippen LogP contribution in [0.4, 0.5) is 0 Å². The van der Waals surface area contributed by atoms with Crippen LogP contribution in [-0.2, 0) is 13.6 Å². The first-order valence-corrected chi connectivity index (χ1v) is 9.66. The number of aryl methyl sites for hydroxylation is 2. The molecule has 4 heterocycles. The normalized spacial score (nSPS) is 12.9. The number of amides is 1. The van der Waals surface area contributed by atoms with Crippen LogP contribution in [0.1, 0.15) is 21.6 Å². The second kappa shape index (κ2) is 7.22. The van der Waals surface area contributed by atoms with Crippen LogP contribution in [-0.4, -0.2) is 33.9 Å². The molecule has 4 aromatic rings. The Bertz CT molecular complexity index is 1240. The summed E-state index contributed by atoms with van der Waals surface area (Å²) in [5.74, 6) is 1.74. The van der Waals surface area contributed by atoms with Crippen molar-refractivity contribution in [3.63, 3.8) is 0 Å². The van der Waals surface area contributed by atoms with E-state index in [-0.39, 0.29) is 5.91 Å². The Balaban J connectivity index is 1.50. The van der Waals surface area contributed by atoms with Gasteiger partial charge in [0.25, 0.3) is 5.91 Å². The zero-order chi connectivity index (χ0) is 20.7. The van der Waals surface area contributed by atoms with E-state index in [1.54, 1.807) is 23.1 Å². The minimum atomic E-state index is -0.222. The lowest BCUT2D eigenvalue weighted by Gasteiger charge is -2.21. The molecule has 0 unspecified atom stereocenters. The van der Waals surface area contributed by atoms with E-state index in [4.69, 9.17) is 13.9 Å². The molecule has 0 atom stereocenters. The summed E-state index contributed by atoms with van der Waals surface area (Å²) in [5.41, 5.74) is 3.30. The summed E-state index contributed by atoms with van der Waals surface area (Å²) in [6, 6.07) is 11.0. The Kier molecular flexibility index (Phi) is 4.39. The molecule has 0 spiro atoms. The van der Waals surface area contributed by atoms with Gasteiger partial charge in [-0.05, 0) is 31.2 Å². The smallest absolute Gasteiger partial charge is 0.252 e. The molecule has 3 aromatic heterocycles. The lowest BCUT2D eigenvalue weighted by Crippen LogP contribution is -2.25. The third-order valence-electron chi connectivity index (χ3n) is 5.07. The van der Waals surface area contributed by atoms with Gasteiger partial charge in [0.1, 0.15) is 18.9 Å². The van der Waals surface area contributed by atoms with Crippen molar-refractivity contribution < 1.29 is 18.7 Å². The number of fused-ring (bicyclic) bond motifs is 2. The van der Waals surface area contributed by atoms with E-state index < -0.39 is 0 Å². The molecule has 1 aliphatic heterocycles. The van der Waals surface area contributed by atoms with Crippen molar-refractivity contribution in [1.29, 1.82) is 0 Å². The molecule has 0 radical (unpaired) electrons. The molecule has 1 aliphatic rings. The van der Waals surface area contributed by atoms with E-state index in [0.717, 1.165) is 16.6 Å². The minimum absolute atomic E-state index is 0.222. The van der Waals surface area contributed by atoms with Crippen LogP contribution in [0.25, 0.3) is 22.5 Å². The number of nitrogens with one attached hydrogen (secondary N) is 1. The lowest BCUT2D eigenvalue weighted by atomic mass is 10.1. The summed E-state index contributed by atoms with van der Waals surface area (Å²) >= 11 is 0. The van der Waals surface area contributed by atoms with Crippen molar-refractivity contribution in [3.05, 3.63) is 59.5 Å². The zero-order valence-electron chi connectivity index (χ0n) is 16.6. The zero-order valence-corrected chi connectivity index (χ0v) is 16.6. The summed E-state index contributed by atoms with van der Waals surface area (Å²) in [6.07, 6.45) is 1.58. The van der Waals surface area contributed by atoms with Crippen molar-refractivity contribution in [2.75, 3.05) is 13.2 Å². The van der Waals surface area contributed by atoms with E-state index >= 15 is 0 Å². The Morgan fingerprint density at radius 3 is 2.90 bits per heavy atom. The number of benzene rings is 1. The van der Waals surface area contributed by atoms with Crippen molar-refractivity contribution in [1.82, 2.24) is 20.1 Å². The van der Waals surface area contributed by atoms with Gasteiger partial charge < -0.3 is 19.2 Å². The number of pyridine rings is 1. The van der Waals surface area contributed by atoms with Crippen LogP contribution >= 0.6 is 0 Å². The number of para-hydroxylation sites is 1. The predicted molar refractivity (Wildman–Crippen MR) is 110 cm³/mol. The van der Waals surface area contributed by atoms with E-state index in [9.17, 15) is 4.79 Å². The second-order valence-electron chi connectivity index (χ2n) is 7.06. The van der Waals surface area contributed by atoms with Gasteiger partial charge >= 0.3 is 0 Å². The van der Waals surface area contributed by atoms with Gasteiger partial charge in [-0.2, -0.15) is 5.10 Å². The Hall–Kier alpha value is -3.81. The van der Waals surface area contributed by atoms with E-state index in [2.05, 4.69) is 15.4 Å². The van der Waals surface area contributed by atoms with Crippen LogP contribution < -0.4 is 14.8 Å². The number of hydrogen-bond donors (Lipinski definition) is 1. The highest BCUT2D eigenvalue weighted by Gasteiger charge is 2.21. The summed E-state index contributed by atoms with van der Waals surface area (Å²) in [5, 5.41) is 8.16. The minimum Gasteiger partial charge on any atom is -0.486 e. The third-order valence-corrected chi connectivity index (χ3v) is 5.07. The van der Waals surface area contributed by atoms with Gasteiger partial charge in [-0.15, -0.1) is 0 Å². The SMILES string of the molecule is Cc1nn(C)c2nc(-c3ccco3)cc(C(=O)NCc3cccc4c3OCCO4)c12. The predicted octanol–water partition coefficient (Wildman–Crippen LogP) is 3.24. The number of rotatable bonds is 4. The standard InChI is InChI=1S/C22H20N4O4/c1-13-19-15(11-16(17-7-4-8-28-17)24-21(19)26(2)25-13)22(27)23-12-14-5-3-6-18-20(14)30-10-9-29-18/h3-8,11H,9-10,12H2,1-2H3,(H,23,27). The van der Waals surface area contributed by atoms with Crippen molar-refractivity contribution >= 4 is 16.9 Å². The van der Waals surface area contributed by atoms with Crippen LogP contribution in [0.5, 0.6) is 11.5 Å². The Labute approximate surface area is 172 Å². The van der Waals surface area contributed by atoms with Crippen LogP contribution in [0.15, 0.2) is 47.1 Å². The number of carbonyl (C=O) groups excluding carboxylic acids is 1. The van der Waals surface area contributed by atoms with Crippen LogP contribution in [0, 0.1) is 6.92 Å². The van der Waals surface area contributed by atoms with Gasteiger partial charge in [0.05, 0.1) is 22.9 Å². The molecule has 1 N–H and O–H groups in total. The van der Waals surface area contributed by atoms with E-state index in [0.29, 0.717) is 53.9 Å². The number of nitrogens with zero attached hydrogens (tertiary/aromatic N) is 3. The summed E-state index contributed by atoms with van der Waals surface area (Å²) < 4.78 is 18.5. The molecule has 30 heavy (non-hydrogen) atoms.